The van der Waals surface area contributed by atoms with Crippen LogP contribution in [0.25, 0.3) is 0 Å². The monoisotopic (exact) mass is 278 g/mol. The SMILES string of the molecule is CC(C)c1cccc(NC(=O)CNC(C)(C)C(=O)O)c1. The number of carbonyl (C=O) groups is 2. The molecule has 0 atom stereocenters. The predicted molar refractivity (Wildman–Crippen MR) is 78.9 cm³/mol. The first-order chi connectivity index (χ1) is 9.22. The van der Waals surface area contributed by atoms with E-state index in [1.807, 2.05) is 24.3 Å². The van der Waals surface area contributed by atoms with Crippen LogP contribution in [0.2, 0.25) is 0 Å². The highest BCUT2D eigenvalue weighted by atomic mass is 16.4. The topological polar surface area (TPSA) is 78.4 Å². The van der Waals surface area contributed by atoms with Crippen LogP contribution in [0, 0.1) is 0 Å². The summed E-state index contributed by atoms with van der Waals surface area (Å²) in [4.78, 5) is 22.7. The lowest BCUT2D eigenvalue weighted by Crippen LogP contribution is -2.49. The molecule has 0 aliphatic heterocycles. The molecule has 0 aliphatic rings. The van der Waals surface area contributed by atoms with E-state index in [1.165, 1.54) is 13.8 Å². The van der Waals surface area contributed by atoms with Crippen LogP contribution in [0.4, 0.5) is 5.69 Å². The summed E-state index contributed by atoms with van der Waals surface area (Å²) in [5.41, 5.74) is 0.731. The summed E-state index contributed by atoms with van der Waals surface area (Å²) in [6.07, 6.45) is 0. The van der Waals surface area contributed by atoms with Gasteiger partial charge in [0.2, 0.25) is 5.91 Å². The Morgan fingerprint density at radius 2 is 1.95 bits per heavy atom. The Labute approximate surface area is 119 Å². The molecule has 0 aliphatic carbocycles. The van der Waals surface area contributed by atoms with Gasteiger partial charge in [0, 0.05) is 5.69 Å². The number of amides is 1. The van der Waals surface area contributed by atoms with E-state index in [2.05, 4.69) is 24.5 Å². The van der Waals surface area contributed by atoms with E-state index in [-0.39, 0.29) is 12.5 Å². The van der Waals surface area contributed by atoms with E-state index in [9.17, 15) is 9.59 Å². The van der Waals surface area contributed by atoms with E-state index >= 15 is 0 Å². The van der Waals surface area contributed by atoms with Crippen molar-refractivity contribution in [1.82, 2.24) is 5.32 Å². The maximum Gasteiger partial charge on any atom is 0.323 e. The van der Waals surface area contributed by atoms with Gasteiger partial charge in [-0.25, -0.2) is 0 Å². The van der Waals surface area contributed by atoms with Gasteiger partial charge in [0.15, 0.2) is 0 Å². The third-order valence-corrected chi connectivity index (χ3v) is 3.06. The van der Waals surface area contributed by atoms with Gasteiger partial charge in [-0.15, -0.1) is 0 Å². The number of rotatable bonds is 6. The summed E-state index contributed by atoms with van der Waals surface area (Å²) >= 11 is 0. The van der Waals surface area contributed by atoms with Crippen molar-refractivity contribution in [2.24, 2.45) is 0 Å². The van der Waals surface area contributed by atoms with Crippen LogP contribution in [0.5, 0.6) is 0 Å². The Morgan fingerprint density at radius 3 is 2.50 bits per heavy atom. The Hall–Kier alpha value is -1.88. The number of carboxylic acids is 1. The van der Waals surface area contributed by atoms with Gasteiger partial charge < -0.3 is 10.4 Å². The molecule has 0 radical (unpaired) electrons. The van der Waals surface area contributed by atoms with Crippen molar-refractivity contribution in [3.63, 3.8) is 0 Å². The Bertz CT molecular complexity index is 496. The molecule has 110 valence electrons. The second kappa shape index (κ2) is 6.52. The standard InChI is InChI=1S/C15H22N2O3/c1-10(2)11-6-5-7-12(8-11)17-13(18)9-16-15(3,4)14(19)20/h5-8,10,16H,9H2,1-4H3,(H,17,18)(H,19,20). The van der Waals surface area contributed by atoms with Crippen molar-refractivity contribution in [3.05, 3.63) is 29.8 Å². The summed E-state index contributed by atoms with van der Waals surface area (Å²) in [6, 6.07) is 7.63. The maximum absolute atomic E-state index is 11.8. The van der Waals surface area contributed by atoms with Gasteiger partial charge >= 0.3 is 5.97 Å². The normalized spacial score (nSPS) is 11.4. The first-order valence-corrected chi connectivity index (χ1v) is 6.60. The van der Waals surface area contributed by atoms with Gasteiger partial charge in [0.25, 0.3) is 0 Å². The second-order valence-electron chi connectivity index (χ2n) is 5.61. The number of hydrogen-bond donors (Lipinski definition) is 3. The average molecular weight is 278 g/mol. The maximum atomic E-state index is 11.8. The minimum Gasteiger partial charge on any atom is -0.480 e. The lowest BCUT2D eigenvalue weighted by molar-refractivity contribution is -0.143. The number of benzene rings is 1. The Balaban J connectivity index is 2.59. The molecule has 0 unspecified atom stereocenters. The zero-order valence-corrected chi connectivity index (χ0v) is 12.4. The van der Waals surface area contributed by atoms with Gasteiger partial charge in [-0.1, -0.05) is 26.0 Å². The minimum atomic E-state index is -1.13. The smallest absolute Gasteiger partial charge is 0.323 e. The zero-order valence-electron chi connectivity index (χ0n) is 12.4. The molecule has 1 amide bonds. The molecular formula is C15H22N2O3. The Morgan fingerprint density at radius 1 is 1.30 bits per heavy atom. The summed E-state index contributed by atoms with van der Waals surface area (Å²) < 4.78 is 0. The van der Waals surface area contributed by atoms with Gasteiger partial charge in [0.1, 0.15) is 5.54 Å². The number of nitrogens with one attached hydrogen (secondary N) is 2. The van der Waals surface area contributed by atoms with Crippen LogP contribution in [-0.2, 0) is 9.59 Å². The van der Waals surface area contributed by atoms with Crippen LogP contribution in [-0.4, -0.2) is 29.1 Å². The number of aliphatic carboxylic acids is 1. The molecule has 1 aromatic carbocycles. The molecule has 0 saturated carbocycles. The fourth-order valence-corrected chi connectivity index (χ4v) is 1.56. The number of hydrogen-bond acceptors (Lipinski definition) is 3. The summed E-state index contributed by atoms with van der Waals surface area (Å²) in [7, 11) is 0. The third kappa shape index (κ3) is 4.66. The van der Waals surface area contributed by atoms with Gasteiger partial charge in [-0.3, -0.25) is 14.9 Å². The van der Waals surface area contributed by atoms with E-state index in [0.717, 1.165) is 11.3 Å². The molecule has 0 aromatic heterocycles. The van der Waals surface area contributed by atoms with Crippen molar-refractivity contribution < 1.29 is 14.7 Å². The summed E-state index contributed by atoms with van der Waals surface area (Å²) in [5.74, 6) is -0.872. The van der Waals surface area contributed by atoms with Gasteiger partial charge in [-0.05, 0) is 37.5 Å². The number of anilines is 1. The zero-order chi connectivity index (χ0) is 15.3. The largest absolute Gasteiger partial charge is 0.480 e. The van der Waals surface area contributed by atoms with Crippen molar-refractivity contribution in [1.29, 1.82) is 0 Å². The van der Waals surface area contributed by atoms with E-state index in [1.54, 1.807) is 0 Å². The first-order valence-electron chi connectivity index (χ1n) is 6.60. The Kier molecular flexibility index (Phi) is 5.27. The molecule has 20 heavy (non-hydrogen) atoms. The number of carbonyl (C=O) groups excluding carboxylic acids is 1. The quantitative estimate of drug-likeness (QED) is 0.745. The summed E-state index contributed by atoms with van der Waals surface area (Å²) in [5, 5.41) is 14.4. The molecule has 1 aromatic rings. The predicted octanol–water partition coefficient (Wildman–Crippen LogP) is 2.20. The number of carboxylic acid groups (broad SMARTS) is 1. The van der Waals surface area contributed by atoms with Crippen LogP contribution in [0.15, 0.2) is 24.3 Å². The first kappa shape index (κ1) is 16.2. The molecule has 5 nitrogen and oxygen atoms in total. The molecule has 0 saturated heterocycles. The second-order valence-corrected chi connectivity index (χ2v) is 5.61. The van der Waals surface area contributed by atoms with Crippen molar-refractivity contribution in [2.75, 3.05) is 11.9 Å². The van der Waals surface area contributed by atoms with Crippen molar-refractivity contribution >= 4 is 17.6 Å². The van der Waals surface area contributed by atoms with Crippen molar-refractivity contribution in [2.45, 2.75) is 39.2 Å². The highest BCUT2D eigenvalue weighted by Crippen LogP contribution is 2.18. The molecule has 0 fully saturated rings. The lowest BCUT2D eigenvalue weighted by Gasteiger charge is -2.20. The molecule has 5 heteroatoms. The van der Waals surface area contributed by atoms with Gasteiger partial charge in [-0.2, -0.15) is 0 Å². The van der Waals surface area contributed by atoms with Gasteiger partial charge in [0.05, 0.1) is 6.54 Å². The summed E-state index contributed by atoms with van der Waals surface area (Å²) in [6.45, 7) is 7.14. The van der Waals surface area contributed by atoms with E-state index in [4.69, 9.17) is 5.11 Å². The van der Waals surface area contributed by atoms with Crippen LogP contribution < -0.4 is 10.6 Å². The lowest BCUT2D eigenvalue weighted by atomic mass is 10.0. The van der Waals surface area contributed by atoms with Crippen LogP contribution >= 0.6 is 0 Å². The molecule has 0 bridgehead atoms. The van der Waals surface area contributed by atoms with E-state index < -0.39 is 11.5 Å². The molecule has 1 rings (SSSR count). The molecule has 3 N–H and O–H groups in total. The molecule has 0 spiro atoms. The fraction of sp³-hybridized carbons (Fsp3) is 0.467. The van der Waals surface area contributed by atoms with E-state index in [0.29, 0.717) is 5.92 Å². The molecular weight excluding hydrogens is 256 g/mol. The third-order valence-electron chi connectivity index (χ3n) is 3.06. The van der Waals surface area contributed by atoms with Crippen molar-refractivity contribution in [3.8, 4) is 0 Å². The fourth-order valence-electron chi connectivity index (χ4n) is 1.56. The highest BCUT2D eigenvalue weighted by molar-refractivity contribution is 5.92. The average Bonchev–Trinajstić information content (AvgIpc) is 2.36. The van der Waals surface area contributed by atoms with Crippen LogP contribution in [0.3, 0.4) is 0 Å². The minimum absolute atomic E-state index is 0.0504. The molecule has 0 heterocycles. The highest BCUT2D eigenvalue weighted by Gasteiger charge is 2.26. The van der Waals surface area contributed by atoms with Crippen LogP contribution in [0.1, 0.15) is 39.2 Å².